The van der Waals surface area contributed by atoms with Crippen LogP contribution in [0.25, 0.3) is 0 Å². The fraction of sp³-hybridized carbons (Fsp3) is 0.778. The summed E-state index contributed by atoms with van der Waals surface area (Å²) < 4.78 is 9.91. The molecule has 0 saturated carbocycles. The molecule has 0 bridgehead atoms. The molecule has 2 unspecified atom stereocenters. The van der Waals surface area contributed by atoms with E-state index in [1.807, 2.05) is 0 Å². The first-order valence-corrected chi connectivity index (χ1v) is 4.82. The van der Waals surface area contributed by atoms with E-state index in [0.29, 0.717) is 0 Å². The third-order valence-corrected chi connectivity index (χ3v) is 2.00. The van der Waals surface area contributed by atoms with Gasteiger partial charge in [-0.25, -0.2) is 0 Å². The number of hydrogen-bond donors (Lipinski definition) is 3. The SMILES string of the molecule is COC(OC)C(C)NC(=O)C(N)CC(N)=O. The Labute approximate surface area is 94.4 Å². The van der Waals surface area contributed by atoms with Crippen LogP contribution in [0, 0.1) is 0 Å². The smallest absolute Gasteiger partial charge is 0.237 e. The van der Waals surface area contributed by atoms with Crippen LogP contribution in [-0.4, -0.2) is 44.4 Å². The van der Waals surface area contributed by atoms with E-state index in [4.69, 9.17) is 20.9 Å². The summed E-state index contributed by atoms with van der Waals surface area (Å²) in [4.78, 5) is 22.0. The number of carbonyl (C=O) groups excluding carboxylic acids is 2. The Kier molecular flexibility index (Phi) is 6.63. The number of nitrogens with one attached hydrogen (secondary N) is 1. The van der Waals surface area contributed by atoms with Crippen LogP contribution in [0.4, 0.5) is 0 Å². The van der Waals surface area contributed by atoms with E-state index in [2.05, 4.69) is 5.32 Å². The number of methoxy groups -OCH3 is 2. The van der Waals surface area contributed by atoms with Gasteiger partial charge in [-0.2, -0.15) is 0 Å². The van der Waals surface area contributed by atoms with Crippen LogP contribution in [0.3, 0.4) is 0 Å². The Morgan fingerprint density at radius 2 is 1.81 bits per heavy atom. The molecule has 5 N–H and O–H groups in total. The molecule has 0 saturated heterocycles. The molecule has 0 aliphatic heterocycles. The van der Waals surface area contributed by atoms with Gasteiger partial charge in [-0.1, -0.05) is 0 Å². The molecule has 7 heteroatoms. The molecule has 94 valence electrons. The lowest BCUT2D eigenvalue weighted by Crippen LogP contribution is -2.50. The van der Waals surface area contributed by atoms with Gasteiger partial charge in [0.25, 0.3) is 0 Å². The molecule has 0 aromatic rings. The van der Waals surface area contributed by atoms with E-state index in [-0.39, 0.29) is 12.5 Å². The molecule has 0 rings (SSSR count). The first-order chi connectivity index (χ1) is 7.42. The number of ether oxygens (including phenoxy) is 2. The third-order valence-electron chi connectivity index (χ3n) is 2.00. The molecule has 0 spiro atoms. The highest BCUT2D eigenvalue weighted by atomic mass is 16.7. The Bertz CT molecular complexity index is 243. The van der Waals surface area contributed by atoms with E-state index in [1.165, 1.54) is 14.2 Å². The van der Waals surface area contributed by atoms with Crippen LogP contribution < -0.4 is 16.8 Å². The van der Waals surface area contributed by atoms with Crippen molar-refractivity contribution in [2.75, 3.05) is 14.2 Å². The van der Waals surface area contributed by atoms with Gasteiger partial charge >= 0.3 is 0 Å². The van der Waals surface area contributed by atoms with Crippen molar-refractivity contribution in [3.05, 3.63) is 0 Å². The quantitative estimate of drug-likeness (QED) is 0.454. The van der Waals surface area contributed by atoms with Gasteiger partial charge in [0.1, 0.15) is 0 Å². The van der Waals surface area contributed by atoms with Gasteiger partial charge in [0, 0.05) is 14.2 Å². The van der Waals surface area contributed by atoms with Crippen molar-refractivity contribution in [3.63, 3.8) is 0 Å². The van der Waals surface area contributed by atoms with Crippen molar-refractivity contribution < 1.29 is 19.1 Å². The third kappa shape index (κ3) is 5.06. The topological polar surface area (TPSA) is 117 Å². The van der Waals surface area contributed by atoms with Crippen molar-refractivity contribution in [1.29, 1.82) is 0 Å². The Morgan fingerprint density at radius 1 is 1.31 bits per heavy atom. The Balaban J connectivity index is 4.17. The molecule has 0 aliphatic carbocycles. The number of nitrogens with two attached hydrogens (primary N) is 2. The fourth-order valence-corrected chi connectivity index (χ4v) is 1.21. The van der Waals surface area contributed by atoms with Crippen molar-refractivity contribution in [2.45, 2.75) is 31.7 Å². The van der Waals surface area contributed by atoms with E-state index in [9.17, 15) is 9.59 Å². The second-order valence-electron chi connectivity index (χ2n) is 3.41. The lowest BCUT2D eigenvalue weighted by molar-refractivity contribution is -0.137. The van der Waals surface area contributed by atoms with Gasteiger partial charge < -0.3 is 26.3 Å². The molecular weight excluding hydrogens is 214 g/mol. The number of carbonyl (C=O) groups is 2. The van der Waals surface area contributed by atoms with E-state index in [0.717, 1.165) is 0 Å². The van der Waals surface area contributed by atoms with Crippen molar-refractivity contribution in [2.24, 2.45) is 11.5 Å². The normalized spacial score (nSPS) is 14.6. The second kappa shape index (κ2) is 7.15. The summed E-state index contributed by atoms with van der Waals surface area (Å²) in [6.07, 6.45) is -0.756. The summed E-state index contributed by atoms with van der Waals surface area (Å²) in [5.74, 6) is -1.09. The summed E-state index contributed by atoms with van der Waals surface area (Å²) in [6, 6.07) is -1.32. The number of amides is 2. The summed E-state index contributed by atoms with van der Waals surface area (Å²) in [5.41, 5.74) is 10.4. The van der Waals surface area contributed by atoms with Crippen molar-refractivity contribution in [3.8, 4) is 0 Å². The zero-order valence-electron chi connectivity index (χ0n) is 9.73. The Hall–Kier alpha value is -1.18. The molecule has 2 amide bonds. The molecule has 0 aliphatic rings. The highest BCUT2D eigenvalue weighted by molar-refractivity contribution is 5.87. The molecule has 0 heterocycles. The minimum absolute atomic E-state index is 0.191. The predicted octanol–water partition coefficient (Wildman–Crippen LogP) is -1.69. The standard InChI is InChI=1S/C9H19N3O4/c1-5(9(15-2)16-3)12-8(14)6(10)4-7(11)13/h5-6,9H,4,10H2,1-3H3,(H2,11,13)(H,12,14). The largest absolute Gasteiger partial charge is 0.370 e. The van der Waals surface area contributed by atoms with Crippen molar-refractivity contribution in [1.82, 2.24) is 5.32 Å². The van der Waals surface area contributed by atoms with Gasteiger partial charge in [-0.05, 0) is 6.92 Å². The van der Waals surface area contributed by atoms with Gasteiger partial charge in [-0.15, -0.1) is 0 Å². The molecule has 0 aromatic carbocycles. The van der Waals surface area contributed by atoms with E-state index in [1.54, 1.807) is 6.92 Å². The fourth-order valence-electron chi connectivity index (χ4n) is 1.21. The lowest BCUT2D eigenvalue weighted by Gasteiger charge is -2.23. The molecule has 7 nitrogen and oxygen atoms in total. The number of hydrogen-bond acceptors (Lipinski definition) is 5. The van der Waals surface area contributed by atoms with Gasteiger partial charge in [0.05, 0.1) is 18.5 Å². The molecule has 16 heavy (non-hydrogen) atoms. The first-order valence-electron chi connectivity index (χ1n) is 4.82. The maximum Gasteiger partial charge on any atom is 0.237 e. The van der Waals surface area contributed by atoms with Crippen LogP contribution in [0.2, 0.25) is 0 Å². The molecule has 2 atom stereocenters. The van der Waals surface area contributed by atoms with Crippen LogP contribution in [0.5, 0.6) is 0 Å². The van der Waals surface area contributed by atoms with Crippen LogP contribution >= 0.6 is 0 Å². The molecular formula is C9H19N3O4. The minimum atomic E-state index is -0.950. The van der Waals surface area contributed by atoms with Gasteiger partial charge in [0.2, 0.25) is 11.8 Å². The van der Waals surface area contributed by atoms with Crippen LogP contribution in [-0.2, 0) is 19.1 Å². The summed E-state index contributed by atoms with van der Waals surface area (Å²) in [7, 11) is 2.92. The van der Waals surface area contributed by atoms with Crippen LogP contribution in [0.1, 0.15) is 13.3 Å². The average molecular weight is 233 g/mol. The highest BCUT2D eigenvalue weighted by Gasteiger charge is 2.22. The van der Waals surface area contributed by atoms with Gasteiger partial charge in [0.15, 0.2) is 6.29 Å². The zero-order valence-corrected chi connectivity index (χ0v) is 9.73. The Morgan fingerprint density at radius 3 is 2.19 bits per heavy atom. The maximum absolute atomic E-state index is 11.5. The van der Waals surface area contributed by atoms with E-state index < -0.39 is 24.1 Å². The summed E-state index contributed by atoms with van der Waals surface area (Å²) in [6.45, 7) is 1.70. The van der Waals surface area contributed by atoms with E-state index >= 15 is 0 Å². The molecule has 0 aromatic heterocycles. The number of primary amides is 1. The molecule has 0 fully saturated rings. The minimum Gasteiger partial charge on any atom is -0.370 e. The first kappa shape index (κ1) is 14.8. The predicted molar refractivity (Wildman–Crippen MR) is 57.2 cm³/mol. The second-order valence-corrected chi connectivity index (χ2v) is 3.41. The average Bonchev–Trinajstić information content (AvgIpc) is 2.18. The summed E-state index contributed by atoms with van der Waals surface area (Å²) >= 11 is 0. The maximum atomic E-state index is 11.5. The summed E-state index contributed by atoms with van der Waals surface area (Å²) in [5, 5.41) is 2.57. The van der Waals surface area contributed by atoms with Crippen LogP contribution in [0.15, 0.2) is 0 Å². The van der Waals surface area contributed by atoms with Gasteiger partial charge in [-0.3, -0.25) is 9.59 Å². The molecule has 0 radical (unpaired) electrons. The monoisotopic (exact) mass is 233 g/mol. The lowest BCUT2D eigenvalue weighted by atomic mass is 10.2. The zero-order chi connectivity index (χ0) is 12.7. The highest BCUT2D eigenvalue weighted by Crippen LogP contribution is 1.99. The van der Waals surface area contributed by atoms with Crippen molar-refractivity contribution >= 4 is 11.8 Å². The number of rotatable bonds is 7.